The van der Waals surface area contributed by atoms with Crippen LogP contribution in [0.3, 0.4) is 0 Å². The molecule has 4 rings (SSSR count). The number of carbonyl (C=O) groups is 1. The molecule has 0 bridgehead atoms. The van der Waals surface area contributed by atoms with Crippen molar-refractivity contribution in [2.24, 2.45) is 0 Å². The Labute approximate surface area is 144 Å². The van der Waals surface area contributed by atoms with E-state index in [0.29, 0.717) is 12.6 Å². The largest absolute Gasteiger partial charge is 0.443 e. The number of likely N-dealkylation sites (tertiary alicyclic amines) is 2. The van der Waals surface area contributed by atoms with E-state index in [2.05, 4.69) is 16.9 Å². The predicted octanol–water partition coefficient (Wildman–Crippen LogP) is 2.93. The molecule has 25 heavy (non-hydrogen) atoms. The summed E-state index contributed by atoms with van der Waals surface area (Å²) in [6.45, 7) is 1.63. The number of carbonyl (C=O) groups excluding carboxylic acids is 1. The van der Waals surface area contributed by atoms with E-state index in [4.69, 9.17) is 4.42 Å². The number of aromatic nitrogens is 1. The Balaban J connectivity index is 1.61. The zero-order valence-corrected chi connectivity index (χ0v) is 13.9. The highest BCUT2D eigenvalue weighted by Crippen LogP contribution is 2.31. The number of fused-ring (bicyclic) bond motifs is 1. The van der Waals surface area contributed by atoms with Gasteiger partial charge in [0.15, 0.2) is 5.69 Å². The zero-order chi connectivity index (χ0) is 17.6. The summed E-state index contributed by atoms with van der Waals surface area (Å²) in [5.41, 5.74) is -0.258. The van der Waals surface area contributed by atoms with Crippen LogP contribution in [-0.2, 0) is 0 Å². The SMILES string of the molecule is CN1CC[C@@H]2[C@H]1CCCN2C(=O)c1coc(-c2c(F)cccc2F)n1. The average molecular weight is 347 g/mol. The van der Waals surface area contributed by atoms with Gasteiger partial charge in [0.2, 0.25) is 5.89 Å². The van der Waals surface area contributed by atoms with Gasteiger partial charge in [0, 0.05) is 25.2 Å². The lowest BCUT2D eigenvalue weighted by Gasteiger charge is -2.38. The number of likely N-dealkylation sites (N-methyl/N-ethyl adjacent to an activating group) is 1. The molecular weight excluding hydrogens is 328 g/mol. The molecule has 5 nitrogen and oxygen atoms in total. The Morgan fingerprint density at radius 2 is 1.96 bits per heavy atom. The van der Waals surface area contributed by atoms with Crippen molar-refractivity contribution in [3.63, 3.8) is 0 Å². The fourth-order valence-corrected chi connectivity index (χ4v) is 3.99. The van der Waals surface area contributed by atoms with Crippen LogP contribution in [0.4, 0.5) is 8.78 Å². The maximum Gasteiger partial charge on any atom is 0.276 e. The Morgan fingerprint density at radius 3 is 2.72 bits per heavy atom. The van der Waals surface area contributed by atoms with Crippen LogP contribution in [-0.4, -0.2) is 52.9 Å². The maximum absolute atomic E-state index is 13.9. The van der Waals surface area contributed by atoms with Gasteiger partial charge >= 0.3 is 0 Å². The Kier molecular flexibility index (Phi) is 4.03. The first kappa shape index (κ1) is 16.2. The van der Waals surface area contributed by atoms with E-state index >= 15 is 0 Å². The Hall–Kier alpha value is -2.28. The molecule has 0 aliphatic carbocycles. The molecule has 0 N–H and O–H groups in total. The summed E-state index contributed by atoms with van der Waals surface area (Å²) in [5, 5.41) is 0. The summed E-state index contributed by atoms with van der Waals surface area (Å²) in [6, 6.07) is 4.07. The predicted molar refractivity (Wildman–Crippen MR) is 86.9 cm³/mol. The van der Waals surface area contributed by atoms with E-state index in [0.717, 1.165) is 37.9 Å². The van der Waals surface area contributed by atoms with Crippen molar-refractivity contribution in [3.8, 4) is 11.5 Å². The van der Waals surface area contributed by atoms with Gasteiger partial charge in [-0.3, -0.25) is 4.79 Å². The Morgan fingerprint density at radius 1 is 1.20 bits per heavy atom. The van der Waals surface area contributed by atoms with Gasteiger partial charge in [-0.05, 0) is 38.4 Å². The average Bonchev–Trinajstić information content (AvgIpc) is 3.22. The molecule has 1 aromatic heterocycles. The van der Waals surface area contributed by atoms with Gasteiger partial charge in [0.05, 0.1) is 0 Å². The van der Waals surface area contributed by atoms with Gasteiger partial charge in [0.1, 0.15) is 23.5 Å². The number of amides is 1. The number of oxazole rings is 1. The first-order valence-electron chi connectivity index (χ1n) is 8.47. The second-order valence-electron chi connectivity index (χ2n) is 6.68. The van der Waals surface area contributed by atoms with Crippen LogP contribution < -0.4 is 0 Å². The van der Waals surface area contributed by atoms with Crippen LogP contribution in [0.2, 0.25) is 0 Å². The summed E-state index contributed by atoms with van der Waals surface area (Å²) in [6.07, 6.45) is 4.13. The fourth-order valence-electron chi connectivity index (χ4n) is 3.99. The Bertz CT molecular complexity index is 787. The maximum atomic E-state index is 13.9. The van der Waals surface area contributed by atoms with Gasteiger partial charge in [-0.25, -0.2) is 13.8 Å². The molecule has 2 aromatic rings. The van der Waals surface area contributed by atoms with Gasteiger partial charge < -0.3 is 14.2 Å². The first-order chi connectivity index (χ1) is 12.1. The zero-order valence-electron chi connectivity index (χ0n) is 13.9. The van der Waals surface area contributed by atoms with Crippen LogP contribution in [0, 0.1) is 11.6 Å². The molecule has 1 aromatic carbocycles. The van der Waals surface area contributed by atoms with Gasteiger partial charge in [-0.1, -0.05) is 6.07 Å². The molecule has 2 saturated heterocycles. The van der Waals surface area contributed by atoms with E-state index in [1.54, 1.807) is 0 Å². The van der Waals surface area contributed by atoms with Crippen molar-refractivity contribution in [3.05, 3.63) is 41.8 Å². The van der Waals surface area contributed by atoms with Crippen LogP contribution in [0.25, 0.3) is 11.5 Å². The van der Waals surface area contributed by atoms with Crippen LogP contribution in [0.5, 0.6) is 0 Å². The van der Waals surface area contributed by atoms with E-state index in [1.807, 2.05) is 4.90 Å². The minimum atomic E-state index is -0.767. The fraction of sp³-hybridized carbons (Fsp3) is 0.444. The minimum Gasteiger partial charge on any atom is -0.443 e. The minimum absolute atomic E-state index is 0.0906. The topological polar surface area (TPSA) is 49.6 Å². The highest BCUT2D eigenvalue weighted by Gasteiger charge is 2.41. The molecule has 1 amide bonds. The molecule has 0 spiro atoms. The molecule has 7 heteroatoms. The molecule has 2 aliphatic rings. The lowest BCUT2D eigenvalue weighted by Crippen LogP contribution is -2.51. The van der Waals surface area contributed by atoms with Gasteiger partial charge in [0.25, 0.3) is 5.91 Å². The summed E-state index contributed by atoms with van der Waals surface area (Å²) in [7, 11) is 2.08. The molecule has 132 valence electrons. The third-order valence-electron chi connectivity index (χ3n) is 5.25. The number of hydrogen-bond acceptors (Lipinski definition) is 4. The van der Waals surface area contributed by atoms with E-state index in [-0.39, 0.29) is 29.1 Å². The normalized spacial score (nSPS) is 23.7. The monoisotopic (exact) mass is 347 g/mol. The van der Waals surface area contributed by atoms with E-state index in [9.17, 15) is 13.6 Å². The third-order valence-corrected chi connectivity index (χ3v) is 5.25. The number of benzene rings is 1. The number of halogens is 2. The summed E-state index contributed by atoms with van der Waals surface area (Å²) in [4.78, 5) is 21.0. The number of piperidine rings is 1. The lowest BCUT2D eigenvalue weighted by molar-refractivity contribution is 0.0537. The molecule has 3 heterocycles. The van der Waals surface area contributed by atoms with E-state index in [1.165, 1.54) is 12.3 Å². The second kappa shape index (κ2) is 6.22. The summed E-state index contributed by atoms with van der Waals surface area (Å²) in [5.74, 6) is -1.99. The summed E-state index contributed by atoms with van der Waals surface area (Å²) >= 11 is 0. The van der Waals surface area contributed by atoms with Crippen molar-refractivity contribution in [2.45, 2.75) is 31.3 Å². The number of rotatable bonds is 2. The lowest BCUT2D eigenvalue weighted by atomic mass is 9.96. The molecular formula is C18H19F2N3O2. The highest BCUT2D eigenvalue weighted by molar-refractivity contribution is 5.92. The second-order valence-corrected chi connectivity index (χ2v) is 6.68. The smallest absolute Gasteiger partial charge is 0.276 e. The van der Waals surface area contributed by atoms with Crippen molar-refractivity contribution in [1.29, 1.82) is 0 Å². The van der Waals surface area contributed by atoms with Crippen molar-refractivity contribution >= 4 is 5.91 Å². The number of hydrogen-bond donors (Lipinski definition) is 0. The summed E-state index contributed by atoms with van der Waals surface area (Å²) < 4.78 is 33.0. The molecule has 2 aliphatic heterocycles. The molecule has 0 unspecified atom stereocenters. The van der Waals surface area contributed by atoms with Crippen LogP contribution in [0.1, 0.15) is 29.8 Å². The standard InChI is InChI=1S/C18H19F2N3O2/c1-22-9-7-15-14(22)6-3-8-23(15)18(24)13-10-25-17(21-13)16-11(19)4-2-5-12(16)20/h2,4-5,10,14-15H,3,6-9H2,1H3/t14-,15-/m1/s1. The van der Waals surface area contributed by atoms with Crippen LogP contribution >= 0.6 is 0 Å². The van der Waals surface area contributed by atoms with E-state index < -0.39 is 11.6 Å². The molecule has 2 atom stereocenters. The van der Waals surface area contributed by atoms with Crippen LogP contribution in [0.15, 0.2) is 28.9 Å². The highest BCUT2D eigenvalue weighted by atomic mass is 19.1. The van der Waals surface area contributed by atoms with Gasteiger partial charge in [-0.2, -0.15) is 0 Å². The van der Waals surface area contributed by atoms with Crippen molar-refractivity contribution < 1.29 is 18.0 Å². The molecule has 0 saturated carbocycles. The van der Waals surface area contributed by atoms with Crippen molar-refractivity contribution in [2.75, 3.05) is 20.1 Å². The first-order valence-corrected chi connectivity index (χ1v) is 8.47. The molecule has 2 fully saturated rings. The third kappa shape index (κ3) is 2.72. The quantitative estimate of drug-likeness (QED) is 0.838. The van der Waals surface area contributed by atoms with Gasteiger partial charge in [-0.15, -0.1) is 0 Å². The molecule has 0 radical (unpaired) electrons. The van der Waals surface area contributed by atoms with Crippen molar-refractivity contribution in [1.82, 2.24) is 14.8 Å². The number of nitrogens with zero attached hydrogens (tertiary/aromatic N) is 3.